The number of nitrogens with zero attached hydrogens (tertiary/aromatic N) is 2. The van der Waals surface area contributed by atoms with Crippen LogP contribution >= 0.6 is 0 Å². The summed E-state index contributed by atoms with van der Waals surface area (Å²) in [5.41, 5.74) is 0. The van der Waals surface area contributed by atoms with E-state index in [4.69, 9.17) is 0 Å². The number of rotatable bonds is 6. The molecule has 1 aromatic rings. The molecule has 0 unspecified atom stereocenters. The van der Waals surface area contributed by atoms with E-state index in [0.717, 1.165) is 12.6 Å². The van der Waals surface area contributed by atoms with Gasteiger partial charge >= 0.3 is 12.1 Å². The van der Waals surface area contributed by atoms with Gasteiger partial charge in [-0.3, -0.25) is 4.98 Å². The lowest BCUT2D eigenvalue weighted by Gasteiger charge is -2.19. The molecule has 0 bridgehead atoms. The third-order valence-electron chi connectivity index (χ3n) is 1.98. The molecular formula is C10H12F5N3O. The van der Waals surface area contributed by atoms with Gasteiger partial charge < -0.3 is 10.1 Å². The van der Waals surface area contributed by atoms with Crippen molar-refractivity contribution >= 4 is 5.82 Å². The molecule has 108 valence electrons. The molecule has 1 aromatic heterocycles. The number of hydrogen-bond acceptors (Lipinski definition) is 4. The van der Waals surface area contributed by atoms with E-state index in [1.165, 1.54) is 6.20 Å². The summed E-state index contributed by atoms with van der Waals surface area (Å²) in [6.07, 6.45) is -2.59. The monoisotopic (exact) mass is 285 g/mol. The molecule has 0 radical (unpaired) electrons. The topological polar surface area (TPSA) is 47.0 Å². The number of anilines is 1. The number of alkyl halides is 5. The maximum Gasteiger partial charge on any atom is 0.456 e. The van der Waals surface area contributed by atoms with Gasteiger partial charge in [-0.15, -0.1) is 0 Å². The Morgan fingerprint density at radius 3 is 2.47 bits per heavy atom. The molecule has 0 aliphatic heterocycles. The van der Waals surface area contributed by atoms with Crippen LogP contribution in [0.25, 0.3) is 0 Å². The third kappa shape index (κ3) is 4.49. The SMILES string of the molecule is CCCNc1cncc(OCC(F)(F)C(F)(F)F)n1. The molecular weight excluding hydrogens is 273 g/mol. The second-order valence-electron chi connectivity index (χ2n) is 3.66. The standard InChI is InChI=1S/C10H12F5N3O/c1-2-3-17-7-4-16-5-8(18-7)19-6-9(11,12)10(13,14)15/h4-5H,2-3,6H2,1H3,(H,17,18). The second-order valence-corrected chi connectivity index (χ2v) is 3.66. The lowest BCUT2D eigenvalue weighted by molar-refractivity contribution is -0.290. The van der Waals surface area contributed by atoms with Crippen molar-refractivity contribution < 1.29 is 26.7 Å². The summed E-state index contributed by atoms with van der Waals surface area (Å²) >= 11 is 0. The maximum atomic E-state index is 12.6. The smallest absolute Gasteiger partial charge is 0.456 e. The minimum Gasteiger partial charge on any atom is -0.470 e. The van der Waals surface area contributed by atoms with E-state index in [1.807, 2.05) is 6.92 Å². The van der Waals surface area contributed by atoms with E-state index in [1.54, 1.807) is 0 Å². The van der Waals surface area contributed by atoms with Crippen molar-refractivity contribution in [1.29, 1.82) is 0 Å². The summed E-state index contributed by atoms with van der Waals surface area (Å²) in [6, 6.07) is 0. The molecule has 19 heavy (non-hydrogen) atoms. The van der Waals surface area contributed by atoms with Crippen molar-refractivity contribution in [2.75, 3.05) is 18.5 Å². The van der Waals surface area contributed by atoms with Crippen LogP contribution in [0.5, 0.6) is 5.88 Å². The highest BCUT2D eigenvalue weighted by atomic mass is 19.4. The summed E-state index contributed by atoms with van der Waals surface area (Å²) in [5, 5.41) is 2.80. The Bertz CT molecular complexity index is 410. The predicted octanol–water partition coefficient (Wildman–Crippen LogP) is 2.87. The predicted molar refractivity (Wildman–Crippen MR) is 57.3 cm³/mol. The number of ether oxygens (including phenoxy) is 1. The van der Waals surface area contributed by atoms with Gasteiger partial charge in [0.05, 0.1) is 12.4 Å². The largest absolute Gasteiger partial charge is 0.470 e. The summed E-state index contributed by atoms with van der Waals surface area (Å²) in [4.78, 5) is 7.32. The molecule has 4 nitrogen and oxygen atoms in total. The number of aromatic nitrogens is 2. The quantitative estimate of drug-likeness (QED) is 0.816. The van der Waals surface area contributed by atoms with E-state index in [-0.39, 0.29) is 5.82 Å². The first-order chi connectivity index (χ1) is 8.76. The van der Waals surface area contributed by atoms with Crippen LogP contribution < -0.4 is 10.1 Å². The van der Waals surface area contributed by atoms with Crippen molar-refractivity contribution in [1.82, 2.24) is 9.97 Å². The summed E-state index contributed by atoms with van der Waals surface area (Å²) in [5.74, 6) is -5.08. The molecule has 0 aliphatic carbocycles. The Kier molecular flexibility index (Phi) is 4.84. The van der Waals surface area contributed by atoms with Gasteiger partial charge in [-0.1, -0.05) is 6.92 Å². The number of halogens is 5. The van der Waals surface area contributed by atoms with Crippen molar-refractivity contribution in [3.05, 3.63) is 12.4 Å². The first kappa shape index (κ1) is 15.4. The second kappa shape index (κ2) is 5.98. The summed E-state index contributed by atoms with van der Waals surface area (Å²) in [7, 11) is 0. The van der Waals surface area contributed by atoms with Gasteiger partial charge in [-0.05, 0) is 6.42 Å². The average molecular weight is 285 g/mol. The van der Waals surface area contributed by atoms with Gasteiger partial charge in [0.15, 0.2) is 6.61 Å². The maximum absolute atomic E-state index is 12.6. The van der Waals surface area contributed by atoms with Crippen LogP contribution in [0.2, 0.25) is 0 Å². The molecule has 0 spiro atoms. The molecule has 0 saturated heterocycles. The minimum atomic E-state index is -5.65. The van der Waals surface area contributed by atoms with Crippen LogP contribution in [-0.2, 0) is 0 Å². The fraction of sp³-hybridized carbons (Fsp3) is 0.600. The van der Waals surface area contributed by atoms with Crippen LogP contribution in [0.3, 0.4) is 0 Å². The highest BCUT2D eigenvalue weighted by Crippen LogP contribution is 2.35. The fourth-order valence-corrected chi connectivity index (χ4v) is 1.00. The van der Waals surface area contributed by atoms with E-state index < -0.39 is 24.6 Å². The minimum absolute atomic E-state index is 0.245. The van der Waals surface area contributed by atoms with Gasteiger partial charge in [0.25, 0.3) is 0 Å². The molecule has 1 rings (SSSR count). The van der Waals surface area contributed by atoms with Crippen LogP contribution in [0.15, 0.2) is 12.4 Å². The molecule has 9 heteroatoms. The van der Waals surface area contributed by atoms with Gasteiger partial charge in [-0.2, -0.15) is 26.9 Å². The molecule has 0 aliphatic rings. The third-order valence-corrected chi connectivity index (χ3v) is 1.98. The number of hydrogen-bond donors (Lipinski definition) is 1. The van der Waals surface area contributed by atoms with E-state index in [2.05, 4.69) is 20.0 Å². The number of nitrogens with one attached hydrogen (secondary N) is 1. The van der Waals surface area contributed by atoms with E-state index in [0.29, 0.717) is 6.54 Å². The lowest BCUT2D eigenvalue weighted by atomic mass is 10.3. The van der Waals surface area contributed by atoms with Crippen LogP contribution in [0, 0.1) is 0 Å². The first-order valence-electron chi connectivity index (χ1n) is 5.39. The van der Waals surface area contributed by atoms with Gasteiger partial charge in [0, 0.05) is 6.54 Å². The van der Waals surface area contributed by atoms with Crippen molar-refractivity contribution in [2.24, 2.45) is 0 Å². The molecule has 0 aromatic carbocycles. The van der Waals surface area contributed by atoms with Gasteiger partial charge in [0.2, 0.25) is 5.88 Å². The van der Waals surface area contributed by atoms with E-state index in [9.17, 15) is 22.0 Å². The highest BCUT2D eigenvalue weighted by Gasteiger charge is 2.58. The van der Waals surface area contributed by atoms with Crippen LogP contribution in [0.4, 0.5) is 27.8 Å². The Balaban J connectivity index is 2.63. The Labute approximate surface area is 106 Å². The molecule has 0 fully saturated rings. The molecule has 1 N–H and O–H groups in total. The fourth-order valence-electron chi connectivity index (χ4n) is 1.00. The van der Waals surface area contributed by atoms with Crippen LogP contribution in [0.1, 0.15) is 13.3 Å². The van der Waals surface area contributed by atoms with Crippen molar-refractivity contribution in [3.63, 3.8) is 0 Å². The summed E-state index contributed by atoms with van der Waals surface area (Å²) < 4.78 is 65.3. The Morgan fingerprint density at radius 1 is 1.21 bits per heavy atom. The Hall–Kier alpha value is -1.67. The highest BCUT2D eigenvalue weighted by molar-refractivity contribution is 5.32. The lowest BCUT2D eigenvalue weighted by Crippen LogP contribution is -2.41. The van der Waals surface area contributed by atoms with Crippen molar-refractivity contribution in [2.45, 2.75) is 25.4 Å². The summed E-state index contributed by atoms with van der Waals surface area (Å²) in [6.45, 7) is 0.629. The zero-order chi connectivity index (χ0) is 14.5. The average Bonchev–Trinajstić information content (AvgIpc) is 2.33. The molecule has 0 atom stereocenters. The van der Waals surface area contributed by atoms with Crippen molar-refractivity contribution in [3.8, 4) is 5.88 Å². The van der Waals surface area contributed by atoms with Crippen LogP contribution in [-0.4, -0.2) is 35.2 Å². The Morgan fingerprint density at radius 2 is 1.89 bits per heavy atom. The van der Waals surface area contributed by atoms with E-state index >= 15 is 0 Å². The van der Waals surface area contributed by atoms with Gasteiger partial charge in [-0.25, -0.2) is 0 Å². The molecule has 0 amide bonds. The van der Waals surface area contributed by atoms with Gasteiger partial charge in [0.1, 0.15) is 5.82 Å². The molecule has 1 heterocycles. The molecule has 0 saturated carbocycles. The normalized spacial score (nSPS) is 12.3. The first-order valence-corrected chi connectivity index (χ1v) is 5.39. The zero-order valence-corrected chi connectivity index (χ0v) is 9.97. The zero-order valence-electron chi connectivity index (χ0n) is 9.97.